The first kappa shape index (κ1) is 15.7. The van der Waals surface area contributed by atoms with Crippen molar-refractivity contribution in [3.63, 3.8) is 0 Å². The van der Waals surface area contributed by atoms with E-state index in [-0.39, 0.29) is 12.2 Å². The Labute approximate surface area is 138 Å². The monoisotopic (exact) mass is 323 g/mol. The number of fused-ring (bicyclic) bond motifs is 1. The zero-order valence-electron chi connectivity index (χ0n) is 13.0. The maximum absolute atomic E-state index is 12.8. The fourth-order valence-electron chi connectivity index (χ4n) is 2.66. The van der Waals surface area contributed by atoms with Crippen LogP contribution in [0.1, 0.15) is 34.7 Å². The molecule has 0 amide bonds. The number of nitrogen functional groups attached to an aromatic ring is 1. The van der Waals surface area contributed by atoms with Crippen LogP contribution in [0, 0.1) is 0 Å². The van der Waals surface area contributed by atoms with E-state index in [1.807, 2.05) is 28.8 Å². The smallest absolute Gasteiger partial charge is 0.303 e. The lowest BCUT2D eigenvalue weighted by Crippen LogP contribution is -2.03. The molecule has 3 aromatic rings. The highest BCUT2D eigenvalue weighted by atomic mass is 16.4. The summed E-state index contributed by atoms with van der Waals surface area (Å²) < 4.78 is 1.83. The van der Waals surface area contributed by atoms with Crippen LogP contribution < -0.4 is 5.73 Å². The molecule has 0 unspecified atom stereocenters. The van der Waals surface area contributed by atoms with E-state index in [0.29, 0.717) is 41.1 Å². The van der Waals surface area contributed by atoms with E-state index in [1.54, 1.807) is 24.3 Å². The van der Waals surface area contributed by atoms with E-state index >= 15 is 0 Å². The lowest BCUT2D eigenvalue weighted by Gasteiger charge is -2.00. The van der Waals surface area contributed by atoms with Crippen LogP contribution in [0.3, 0.4) is 0 Å². The minimum atomic E-state index is -0.841. The Hall–Kier alpha value is -3.15. The second-order valence-electron chi connectivity index (χ2n) is 5.53. The van der Waals surface area contributed by atoms with E-state index in [2.05, 4.69) is 4.98 Å². The van der Waals surface area contributed by atoms with Gasteiger partial charge in [0, 0.05) is 30.3 Å². The van der Waals surface area contributed by atoms with Crippen LogP contribution in [-0.2, 0) is 11.2 Å². The number of anilines is 1. The molecule has 0 aliphatic heterocycles. The summed E-state index contributed by atoms with van der Waals surface area (Å²) in [4.78, 5) is 27.9. The Bertz CT molecular complexity index is 915. The number of nitrogens with two attached hydrogens (primary N) is 1. The topological polar surface area (TPSA) is 97.7 Å². The fourth-order valence-corrected chi connectivity index (χ4v) is 2.66. The number of benzene rings is 1. The van der Waals surface area contributed by atoms with E-state index in [0.717, 1.165) is 0 Å². The third-order valence-electron chi connectivity index (χ3n) is 3.78. The molecule has 3 rings (SSSR count). The van der Waals surface area contributed by atoms with Gasteiger partial charge < -0.3 is 15.2 Å². The molecule has 24 heavy (non-hydrogen) atoms. The Kier molecular flexibility index (Phi) is 4.29. The molecule has 0 saturated carbocycles. The van der Waals surface area contributed by atoms with E-state index in [4.69, 9.17) is 10.8 Å². The van der Waals surface area contributed by atoms with E-state index < -0.39 is 5.97 Å². The molecule has 0 saturated heterocycles. The number of imidazole rings is 1. The van der Waals surface area contributed by atoms with Gasteiger partial charge in [-0.15, -0.1) is 0 Å². The number of hydrogen-bond acceptors (Lipinski definition) is 4. The van der Waals surface area contributed by atoms with Gasteiger partial charge in [0.1, 0.15) is 11.5 Å². The van der Waals surface area contributed by atoms with Crippen molar-refractivity contribution in [2.75, 3.05) is 5.73 Å². The molecule has 0 fully saturated rings. The lowest BCUT2D eigenvalue weighted by molar-refractivity contribution is -0.137. The van der Waals surface area contributed by atoms with Gasteiger partial charge in [-0.05, 0) is 30.7 Å². The van der Waals surface area contributed by atoms with E-state index in [1.165, 1.54) is 0 Å². The molecule has 2 aromatic heterocycles. The number of pyridine rings is 1. The Morgan fingerprint density at radius 3 is 2.75 bits per heavy atom. The van der Waals surface area contributed by atoms with Gasteiger partial charge in [0.25, 0.3) is 0 Å². The van der Waals surface area contributed by atoms with Crippen molar-refractivity contribution >= 4 is 23.0 Å². The van der Waals surface area contributed by atoms with Crippen molar-refractivity contribution in [2.45, 2.75) is 19.3 Å². The summed E-state index contributed by atoms with van der Waals surface area (Å²) in [5.74, 6) is -0.360. The Morgan fingerprint density at radius 2 is 2.00 bits per heavy atom. The quantitative estimate of drug-likeness (QED) is 0.536. The van der Waals surface area contributed by atoms with Crippen molar-refractivity contribution in [1.29, 1.82) is 0 Å². The second-order valence-corrected chi connectivity index (χ2v) is 5.53. The SMILES string of the molecule is Nc1cccc(C(=O)c2nc(CCCC(=O)O)n3ccccc23)c1. The minimum Gasteiger partial charge on any atom is -0.481 e. The van der Waals surface area contributed by atoms with Crippen LogP contribution >= 0.6 is 0 Å². The minimum absolute atomic E-state index is 0.0697. The highest BCUT2D eigenvalue weighted by Crippen LogP contribution is 2.19. The molecule has 1 aromatic carbocycles. The van der Waals surface area contributed by atoms with Gasteiger partial charge in [0.15, 0.2) is 0 Å². The third-order valence-corrected chi connectivity index (χ3v) is 3.78. The first-order chi connectivity index (χ1) is 11.6. The maximum atomic E-state index is 12.8. The summed E-state index contributed by atoms with van der Waals surface area (Å²) in [6.45, 7) is 0. The fraction of sp³-hybridized carbons (Fsp3) is 0.167. The number of carbonyl (C=O) groups is 2. The number of carbonyl (C=O) groups excluding carboxylic acids is 1. The number of aliphatic carboxylic acids is 1. The van der Waals surface area contributed by atoms with Crippen molar-refractivity contribution in [3.8, 4) is 0 Å². The average molecular weight is 323 g/mol. The molecule has 6 nitrogen and oxygen atoms in total. The Morgan fingerprint density at radius 1 is 1.17 bits per heavy atom. The first-order valence-corrected chi connectivity index (χ1v) is 7.64. The van der Waals surface area contributed by atoms with Crippen LogP contribution in [0.2, 0.25) is 0 Å². The van der Waals surface area contributed by atoms with Crippen LogP contribution in [0.5, 0.6) is 0 Å². The molecular weight excluding hydrogens is 306 g/mol. The number of carboxylic acid groups (broad SMARTS) is 1. The lowest BCUT2D eigenvalue weighted by atomic mass is 10.1. The average Bonchev–Trinajstić information content (AvgIpc) is 2.93. The number of rotatable bonds is 6. The number of aryl methyl sites for hydroxylation is 1. The predicted octanol–water partition coefficient (Wildman–Crippen LogP) is 2.55. The molecule has 0 aliphatic carbocycles. The predicted molar refractivity (Wildman–Crippen MR) is 90.1 cm³/mol. The van der Waals surface area contributed by atoms with Gasteiger partial charge in [-0.3, -0.25) is 9.59 Å². The summed E-state index contributed by atoms with van der Waals surface area (Å²) in [5.41, 5.74) is 7.81. The van der Waals surface area contributed by atoms with Crippen LogP contribution in [0.15, 0.2) is 48.7 Å². The van der Waals surface area contributed by atoms with E-state index in [9.17, 15) is 9.59 Å². The number of ketones is 1. The normalized spacial score (nSPS) is 10.8. The van der Waals surface area contributed by atoms with Crippen molar-refractivity contribution in [1.82, 2.24) is 9.38 Å². The second kappa shape index (κ2) is 6.54. The molecule has 0 bridgehead atoms. The number of hydrogen-bond donors (Lipinski definition) is 2. The van der Waals surface area contributed by atoms with Gasteiger partial charge in [0.05, 0.1) is 5.52 Å². The summed E-state index contributed by atoms with van der Waals surface area (Å²) in [6, 6.07) is 12.3. The largest absolute Gasteiger partial charge is 0.481 e. The van der Waals surface area contributed by atoms with Crippen molar-refractivity contribution in [2.24, 2.45) is 0 Å². The van der Waals surface area contributed by atoms with Crippen LogP contribution in [0.4, 0.5) is 5.69 Å². The highest BCUT2D eigenvalue weighted by molar-refractivity contribution is 6.12. The first-order valence-electron chi connectivity index (χ1n) is 7.64. The maximum Gasteiger partial charge on any atom is 0.303 e. The highest BCUT2D eigenvalue weighted by Gasteiger charge is 2.19. The van der Waals surface area contributed by atoms with Crippen molar-refractivity contribution in [3.05, 3.63) is 65.7 Å². The molecule has 0 radical (unpaired) electrons. The van der Waals surface area contributed by atoms with Gasteiger partial charge in [-0.25, -0.2) is 4.98 Å². The number of aromatic nitrogens is 2. The summed E-state index contributed by atoms with van der Waals surface area (Å²) in [7, 11) is 0. The van der Waals surface area contributed by atoms with Crippen LogP contribution in [-0.4, -0.2) is 26.2 Å². The zero-order valence-corrected chi connectivity index (χ0v) is 13.0. The zero-order chi connectivity index (χ0) is 17.1. The molecule has 0 spiro atoms. The third kappa shape index (κ3) is 3.12. The molecular formula is C18H17N3O3. The molecule has 122 valence electrons. The van der Waals surface area contributed by atoms with Gasteiger partial charge in [-0.1, -0.05) is 18.2 Å². The summed E-state index contributed by atoms with van der Waals surface area (Å²) >= 11 is 0. The molecule has 3 N–H and O–H groups in total. The summed E-state index contributed by atoms with van der Waals surface area (Å²) in [5, 5.41) is 8.78. The molecule has 0 atom stereocenters. The van der Waals surface area contributed by atoms with Gasteiger partial charge in [0.2, 0.25) is 5.78 Å². The number of nitrogens with zero attached hydrogens (tertiary/aromatic N) is 2. The van der Waals surface area contributed by atoms with Gasteiger partial charge in [-0.2, -0.15) is 0 Å². The van der Waals surface area contributed by atoms with Gasteiger partial charge >= 0.3 is 5.97 Å². The standard InChI is InChI=1S/C18H17N3O3/c19-13-6-3-5-12(11-13)18(24)17-14-7-1-2-10-21(14)15(20-17)8-4-9-16(22)23/h1-3,5-7,10-11H,4,8-9,19H2,(H,22,23). The molecule has 6 heteroatoms. The Balaban J connectivity index is 1.99. The summed E-state index contributed by atoms with van der Waals surface area (Å²) in [6.07, 6.45) is 2.85. The molecule has 0 aliphatic rings. The van der Waals surface area contributed by atoms with Crippen molar-refractivity contribution < 1.29 is 14.7 Å². The van der Waals surface area contributed by atoms with Crippen LogP contribution in [0.25, 0.3) is 5.52 Å². The molecule has 2 heterocycles. The number of carboxylic acids is 1.